The van der Waals surface area contributed by atoms with Gasteiger partial charge >= 0.3 is 0 Å². The number of imide groups is 1. The van der Waals surface area contributed by atoms with E-state index in [4.69, 9.17) is 11.6 Å². The van der Waals surface area contributed by atoms with Crippen molar-refractivity contribution in [3.05, 3.63) is 28.8 Å². The summed E-state index contributed by atoms with van der Waals surface area (Å²) >= 11 is 6.10. The van der Waals surface area contributed by atoms with Gasteiger partial charge < -0.3 is 0 Å². The Kier molecular flexibility index (Phi) is 3.00. The molecule has 0 unspecified atom stereocenters. The first-order valence-corrected chi connectivity index (χ1v) is 7.97. The number of fused-ring (bicyclic) bond motifs is 2. The highest BCUT2D eigenvalue weighted by Gasteiger charge is 2.63. The van der Waals surface area contributed by atoms with E-state index < -0.39 is 23.7 Å². The second-order valence-corrected chi connectivity index (χ2v) is 6.96. The molecular formula is C17H14ClNO4. The van der Waals surface area contributed by atoms with Crippen molar-refractivity contribution in [1.29, 1.82) is 0 Å². The third-order valence-corrected chi connectivity index (χ3v) is 5.76. The second kappa shape index (κ2) is 4.74. The first-order chi connectivity index (χ1) is 10.9. The van der Waals surface area contributed by atoms with Crippen molar-refractivity contribution in [3.63, 3.8) is 0 Å². The molecule has 118 valence electrons. The molecule has 5 rings (SSSR count). The SMILES string of the molecule is Cc1ccc(N2C(=O)[C@@H]3[C@@H](C2=O)[C@H]2CC(=O)[C@H]3CC2=O)cc1Cl. The zero-order chi connectivity index (χ0) is 16.5. The lowest BCUT2D eigenvalue weighted by molar-refractivity contribution is -0.153. The number of halogens is 1. The van der Waals surface area contributed by atoms with Gasteiger partial charge in [0, 0.05) is 29.7 Å². The lowest BCUT2D eigenvalue weighted by Gasteiger charge is -2.40. The molecule has 2 bridgehead atoms. The van der Waals surface area contributed by atoms with Crippen molar-refractivity contribution in [2.45, 2.75) is 19.8 Å². The number of aryl methyl sites for hydroxylation is 1. The van der Waals surface area contributed by atoms with E-state index in [2.05, 4.69) is 0 Å². The number of carbonyl (C=O) groups excluding carboxylic acids is 4. The molecule has 0 radical (unpaired) electrons. The minimum absolute atomic E-state index is 0.0687. The van der Waals surface area contributed by atoms with Gasteiger partial charge in [-0.3, -0.25) is 19.2 Å². The maximum Gasteiger partial charge on any atom is 0.238 e. The zero-order valence-electron chi connectivity index (χ0n) is 12.4. The fourth-order valence-electron chi connectivity index (χ4n) is 4.15. The molecule has 4 aliphatic rings. The zero-order valence-corrected chi connectivity index (χ0v) is 13.2. The molecule has 1 aliphatic heterocycles. The standard InChI is InChI=1S/C17H14ClNO4/c1-7-2-3-8(4-11(7)18)19-16(22)14-9-5-12(20)10(6-13(9)21)15(14)17(19)23/h2-4,9-10,14-15H,5-6H2,1H3/t9-,10+,14-,15-/m0/s1. The molecule has 5 nitrogen and oxygen atoms in total. The lowest BCUT2D eigenvalue weighted by atomic mass is 9.58. The molecule has 4 atom stereocenters. The molecule has 3 aliphatic carbocycles. The van der Waals surface area contributed by atoms with Gasteiger partial charge in [-0.1, -0.05) is 17.7 Å². The summed E-state index contributed by atoms with van der Waals surface area (Å²) in [6.45, 7) is 1.83. The summed E-state index contributed by atoms with van der Waals surface area (Å²) in [6, 6.07) is 4.99. The quantitative estimate of drug-likeness (QED) is 0.737. The monoisotopic (exact) mass is 331 g/mol. The van der Waals surface area contributed by atoms with Crippen LogP contribution >= 0.6 is 11.6 Å². The first-order valence-electron chi connectivity index (χ1n) is 7.59. The topological polar surface area (TPSA) is 71.5 Å². The fourth-order valence-corrected chi connectivity index (χ4v) is 4.33. The highest BCUT2D eigenvalue weighted by atomic mass is 35.5. The molecule has 2 amide bonds. The highest BCUT2D eigenvalue weighted by molar-refractivity contribution is 6.32. The third kappa shape index (κ3) is 1.86. The summed E-state index contributed by atoms with van der Waals surface area (Å²) in [4.78, 5) is 50.8. The Hall–Kier alpha value is -2.01. The largest absolute Gasteiger partial charge is 0.299 e. The van der Waals surface area contributed by atoms with Gasteiger partial charge in [0.15, 0.2) is 0 Å². The third-order valence-electron chi connectivity index (χ3n) is 5.35. The van der Waals surface area contributed by atoms with Crippen LogP contribution in [0.1, 0.15) is 18.4 Å². The van der Waals surface area contributed by atoms with E-state index in [0.29, 0.717) is 10.7 Å². The van der Waals surface area contributed by atoms with E-state index in [1.807, 2.05) is 6.92 Å². The molecule has 0 aromatic heterocycles. The Morgan fingerprint density at radius 3 is 1.96 bits per heavy atom. The molecule has 1 aromatic rings. The van der Waals surface area contributed by atoms with Crippen LogP contribution < -0.4 is 4.90 Å². The van der Waals surface area contributed by atoms with Crippen molar-refractivity contribution < 1.29 is 19.2 Å². The van der Waals surface area contributed by atoms with Crippen LogP contribution in [-0.4, -0.2) is 23.4 Å². The maximum atomic E-state index is 12.8. The van der Waals surface area contributed by atoms with Gasteiger partial charge in [0.1, 0.15) is 11.6 Å². The van der Waals surface area contributed by atoms with Crippen molar-refractivity contribution in [1.82, 2.24) is 0 Å². The normalized spacial score (nSPS) is 32.7. The molecule has 1 heterocycles. The van der Waals surface area contributed by atoms with Crippen LogP contribution in [0.2, 0.25) is 5.02 Å². The lowest BCUT2D eigenvalue weighted by Crippen LogP contribution is -2.51. The smallest absolute Gasteiger partial charge is 0.238 e. The summed E-state index contributed by atoms with van der Waals surface area (Å²) in [7, 11) is 0. The van der Waals surface area contributed by atoms with E-state index in [0.717, 1.165) is 10.5 Å². The van der Waals surface area contributed by atoms with Gasteiger partial charge in [0.2, 0.25) is 11.8 Å². The molecule has 6 heteroatoms. The Balaban J connectivity index is 1.79. The van der Waals surface area contributed by atoms with Gasteiger partial charge in [-0.15, -0.1) is 0 Å². The number of hydrogen-bond acceptors (Lipinski definition) is 4. The van der Waals surface area contributed by atoms with E-state index in [1.54, 1.807) is 18.2 Å². The van der Waals surface area contributed by atoms with Gasteiger partial charge in [0.05, 0.1) is 17.5 Å². The van der Waals surface area contributed by atoms with Crippen LogP contribution in [0.5, 0.6) is 0 Å². The van der Waals surface area contributed by atoms with Crippen LogP contribution in [-0.2, 0) is 19.2 Å². The number of anilines is 1. The summed E-state index contributed by atoms with van der Waals surface area (Å²) in [5.41, 5.74) is 1.25. The van der Waals surface area contributed by atoms with Crippen LogP contribution in [0.4, 0.5) is 5.69 Å². The Morgan fingerprint density at radius 1 is 0.957 bits per heavy atom. The average Bonchev–Trinajstić information content (AvgIpc) is 2.77. The predicted molar refractivity (Wildman–Crippen MR) is 81.9 cm³/mol. The predicted octanol–water partition coefficient (Wildman–Crippen LogP) is 1.93. The number of Topliss-reactive ketones (excluding diaryl/α,β-unsaturated/α-hetero) is 2. The highest BCUT2D eigenvalue weighted by Crippen LogP contribution is 2.50. The molecule has 4 fully saturated rings. The molecule has 0 spiro atoms. The molecule has 1 aromatic carbocycles. The number of benzene rings is 1. The average molecular weight is 332 g/mol. The van der Waals surface area contributed by atoms with Crippen LogP contribution in [0.15, 0.2) is 18.2 Å². The van der Waals surface area contributed by atoms with E-state index >= 15 is 0 Å². The number of carbonyl (C=O) groups is 4. The number of amides is 2. The van der Waals surface area contributed by atoms with Gasteiger partial charge in [0.25, 0.3) is 0 Å². The van der Waals surface area contributed by atoms with Crippen LogP contribution in [0.3, 0.4) is 0 Å². The van der Waals surface area contributed by atoms with Crippen molar-refractivity contribution >= 4 is 40.7 Å². The van der Waals surface area contributed by atoms with Crippen LogP contribution in [0.25, 0.3) is 0 Å². The summed E-state index contributed by atoms with van der Waals surface area (Å²) < 4.78 is 0. The Morgan fingerprint density at radius 2 is 1.48 bits per heavy atom. The molecule has 3 saturated carbocycles. The van der Waals surface area contributed by atoms with Crippen molar-refractivity contribution in [2.24, 2.45) is 23.7 Å². The Labute approximate surface area is 137 Å². The van der Waals surface area contributed by atoms with Gasteiger partial charge in [-0.25, -0.2) is 4.90 Å². The van der Waals surface area contributed by atoms with Gasteiger partial charge in [-0.2, -0.15) is 0 Å². The first kappa shape index (κ1) is 14.6. The number of hydrogen-bond donors (Lipinski definition) is 0. The minimum atomic E-state index is -0.688. The summed E-state index contributed by atoms with van der Waals surface area (Å²) in [6.07, 6.45) is 0.179. The van der Waals surface area contributed by atoms with Gasteiger partial charge in [-0.05, 0) is 24.6 Å². The number of nitrogens with zero attached hydrogens (tertiary/aromatic N) is 1. The summed E-state index contributed by atoms with van der Waals surface area (Å²) in [5.74, 6) is -3.55. The molecule has 23 heavy (non-hydrogen) atoms. The van der Waals surface area contributed by atoms with E-state index in [9.17, 15) is 19.2 Å². The van der Waals surface area contributed by atoms with E-state index in [-0.39, 0.29) is 36.2 Å². The Bertz CT molecular complexity index is 747. The van der Waals surface area contributed by atoms with Crippen molar-refractivity contribution in [3.8, 4) is 0 Å². The summed E-state index contributed by atoms with van der Waals surface area (Å²) in [5, 5.41) is 0.466. The van der Waals surface area contributed by atoms with Crippen molar-refractivity contribution in [2.75, 3.05) is 4.90 Å². The van der Waals surface area contributed by atoms with Crippen LogP contribution in [0, 0.1) is 30.6 Å². The maximum absolute atomic E-state index is 12.8. The molecule has 1 saturated heterocycles. The second-order valence-electron chi connectivity index (χ2n) is 6.55. The minimum Gasteiger partial charge on any atom is -0.299 e. The number of rotatable bonds is 1. The van der Waals surface area contributed by atoms with E-state index in [1.165, 1.54) is 0 Å². The number of ketones is 2. The molecule has 0 N–H and O–H groups in total. The molecular weight excluding hydrogens is 318 g/mol. The fraction of sp³-hybridized carbons (Fsp3) is 0.412.